The smallest absolute Gasteiger partial charge is 0.308 e. The van der Waals surface area contributed by atoms with Crippen LogP contribution in [0.2, 0.25) is 0 Å². The molecule has 1 N–H and O–H groups in total. The number of benzene rings is 1. The Hall–Kier alpha value is -1.69. The standard InChI is InChI=1S/C12H14F2N2O2/c1-8(17)18-9-6-10(13)12(11(14)7-9)16-4-2-15-3-5-16/h6-7,15H,2-5H2,1H3. The van der Waals surface area contributed by atoms with Crippen LogP contribution in [0.4, 0.5) is 14.5 Å². The molecular weight excluding hydrogens is 242 g/mol. The van der Waals surface area contributed by atoms with E-state index in [1.165, 1.54) is 6.92 Å². The van der Waals surface area contributed by atoms with Gasteiger partial charge in [-0.2, -0.15) is 0 Å². The van der Waals surface area contributed by atoms with Crippen LogP contribution in [0.1, 0.15) is 6.92 Å². The van der Waals surface area contributed by atoms with Crippen molar-refractivity contribution in [3.63, 3.8) is 0 Å². The summed E-state index contributed by atoms with van der Waals surface area (Å²) in [5, 5.41) is 3.10. The minimum atomic E-state index is -0.715. The molecule has 1 heterocycles. The van der Waals surface area contributed by atoms with E-state index >= 15 is 0 Å². The Morgan fingerprint density at radius 3 is 2.33 bits per heavy atom. The molecule has 0 radical (unpaired) electrons. The molecule has 0 saturated carbocycles. The normalized spacial score (nSPS) is 15.6. The number of nitrogens with one attached hydrogen (secondary N) is 1. The van der Waals surface area contributed by atoms with Crippen LogP contribution >= 0.6 is 0 Å². The zero-order valence-electron chi connectivity index (χ0n) is 10.0. The van der Waals surface area contributed by atoms with Gasteiger partial charge in [0, 0.05) is 45.2 Å². The number of halogens is 2. The molecule has 1 aromatic rings. The number of anilines is 1. The highest BCUT2D eigenvalue weighted by molar-refractivity contribution is 5.69. The van der Waals surface area contributed by atoms with Crippen molar-refractivity contribution in [1.82, 2.24) is 5.32 Å². The highest BCUT2D eigenvalue weighted by Crippen LogP contribution is 2.28. The van der Waals surface area contributed by atoms with Gasteiger partial charge >= 0.3 is 5.97 Å². The van der Waals surface area contributed by atoms with E-state index in [9.17, 15) is 13.6 Å². The maximum atomic E-state index is 13.9. The van der Waals surface area contributed by atoms with Gasteiger partial charge in [-0.15, -0.1) is 0 Å². The number of hydrogen-bond donors (Lipinski definition) is 1. The van der Waals surface area contributed by atoms with E-state index in [2.05, 4.69) is 10.1 Å². The molecule has 6 heteroatoms. The summed E-state index contributed by atoms with van der Waals surface area (Å²) in [6.07, 6.45) is 0. The van der Waals surface area contributed by atoms with Gasteiger partial charge in [-0.25, -0.2) is 8.78 Å². The van der Waals surface area contributed by atoms with Gasteiger partial charge in [0.05, 0.1) is 0 Å². The first kappa shape index (κ1) is 12.8. The number of piperazine rings is 1. The van der Waals surface area contributed by atoms with Gasteiger partial charge in [0.1, 0.15) is 11.4 Å². The van der Waals surface area contributed by atoms with Gasteiger partial charge in [-0.3, -0.25) is 4.79 Å². The molecule has 0 spiro atoms. The van der Waals surface area contributed by atoms with E-state index in [-0.39, 0.29) is 11.4 Å². The molecule has 0 aromatic heterocycles. The van der Waals surface area contributed by atoms with Crippen LogP contribution in [0.15, 0.2) is 12.1 Å². The number of hydrogen-bond acceptors (Lipinski definition) is 4. The molecule has 1 aliphatic rings. The van der Waals surface area contributed by atoms with Crippen LogP contribution in [0, 0.1) is 11.6 Å². The fourth-order valence-corrected chi connectivity index (χ4v) is 1.96. The number of nitrogens with zero attached hydrogens (tertiary/aromatic N) is 1. The highest BCUT2D eigenvalue weighted by Gasteiger charge is 2.20. The SMILES string of the molecule is CC(=O)Oc1cc(F)c(N2CCNCC2)c(F)c1. The highest BCUT2D eigenvalue weighted by atomic mass is 19.1. The quantitative estimate of drug-likeness (QED) is 0.639. The van der Waals surface area contributed by atoms with Crippen molar-refractivity contribution in [3.05, 3.63) is 23.8 Å². The number of ether oxygens (including phenoxy) is 1. The van der Waals surface area contributed by atoms with E-state index in [4.69, 9.17) is 0 Å². The molecule has 1 saturated heterocycles. The predicted octanol–water partition coefficient (Wildman–Crippen LogP) is 1.30. The van der Waals surface area contributed by atoms with Gasteiger partial charge in [0.15, 0.2) is 11.6 Å². The minimum Gasteiger partial charge on any atom is -0.427 e. The molecule has 0 bridgehead atoms. The third-order valence-corrected chi connectivity index (χ3v) is 2.69. The van der Waals surface area contributed by atoms with Crippen LogP contribution in [0.3, 0.4) is 0 Å². The zero-order chi connectivity index (χ0) is 13.1. The molecule has 1 aromatic carbocycles. The lowest BCUT2D eigenvalue weighted by Crippen LogP contribution is -2.44. The Balaban J connectivity index is 2.28. The van der Waals surface area contributed by atoms with Crippen LogP contribution in [-0.4, -0.2) is 32.1 Å². The third-order valence-electron chi connectivity index (χ3n) is 2.69. The molecule has 1 aliphatic heterocycles. The maximum Gasteiger partial charge on any atom is 0.308 e. The molecule has 18 heavy (non-hydrogen) atoms. The van der Waals surface area contributed by atoms with Crippen molar-refractivity contribution in [2.75, 3.05) is 31.1 Å². The molecule has 1 fully saturated rings. The summed E-state index contributed by atoms with van der Waals surface area (Å²) in [6.45, 7) is 3.64. The topological polar surface area (TPSA) is 41.6 Å². The molecule has 2 rings (SSSR count). The fourth-order valence-electron chi connectivity index (χ4n) is 1.96. The summed E-state index contributed by atoms with van der Waals surface area (Å²) >= 11 is 0. The summed E-state index contributed by atoms with van der Waals surface area (Å²) < 4.78 is 32.4. The monoisotopic (exact) mass is 256 g/mol. The molecule has 0 atom stereocenters. The Morgan fingerprint density at radius 1 is 1.28 bits per heavy atom. The second-order valence-electron chi connectivity index (χ2n) is 4.07. The first-order valence-electron chi connectivity index (χ1n) is 5.71. The largest absolute Gasteiger partial charge is 0.427 e. The average Bonchev–Trinajstić information content (AvgIpc) is 2.28. The molecule has 0 amide bonds. The van der Waals surface area contributed by atoms with Crippen LogP contribution < -0.4 is 15.0 Å². The lowest BCUT2D eigenvalue weighted by Gasteiger charge is -2.30. The van der Waals surface area contributed by atoms with Crippen molar-refractivity contribution in [1.29, 1.82) is 0 Å². The lowest BCUT2D eigenvalue weighted by molar-refractivity contribution is -0.131. The van der Waals surface area contributed by atoms with Crippen molar-refractivity contribution in [3.8, 4) is 5.75 Å². The van der Waals surface area contributed by atoms with Crippen molar-refractivity contribution in [2.45, 2.75) is 6.92 Å². The average molecular weight is 256 g/mol. The molecule has 4 nitrogen and oxygen atoms in total. The summed E-state index contributed by atoms with van der Waals surface area (Å²) in [7, 11) is 0. The first-order chi connectivity index (χ1) is 8.58. The van der Waals surface area contributed by atoms with E-state index in [0.29, 0.717) is 26.2 Å². The Bertz CT molecular complexity index is 436. The van der Waals surface area contributed by atoms with Crippen molar-refractivity contribution in [2.24, 2.45) is 0 Å². The summed E-state index contributed by atoms with van der Waals surface area (Å²) in [5.74, 6) is -2.15. The Kier molecular flexibility index (Phi) is 3.76. The van der Waals surface area contributed by atoms with Crippen LogP contribution in [0.5, 0.6) is 5.75 Å². The maximum absolute atomic E-state index is 13.9. The number of esters is 1. The lowest BCUT2D eigenvalue weighted by atomic mass is 10.2. The van der Waals surface area contributed by atoms with E-state index in [1.807, 2.05) is 0 Å². The zero-order valence-corrected chi connectivity index (χ0v) is 10.0. The molecule has 0 unspecified atom stereocenters. The van der Waals surface area contributed by atoms with Gasteiger partial charge in [-0.1, -0.05) is 0 Å². The summed E-state index contributed by atoms with van der Waals surface area (Å²) in [5.41, 5.74) is -0.0626. The van der Waals surface area contributed by atoms with E-state index in [0.717, 1.165) is 12.1 Å². The van der Waals surface area contributed by atoms with E-state index < -0.39 is 17.6 Å². The predicted molar refractivity (Wildman–Crippen MR) is 62.7 cm³/mol. The van der Waals surface area contributed by atoms with Gasteiger partial charge in [0.2, 0.25) is 0 Å². The van der Waals surface area contributed by atoms with Crippen molar-refractivity contribution < 1.29 is 18.3 Å². The minimum absolute atomic E-state index is 0.0626. The number of rotatable bonds is 2. The molecule has 0 aliphatic carbocycles. The summed E-state index contributed by atoms with van der Waals surface area (Å²) in [4.78, 5) is 12.4. The molecule has 98 valence electrons. The number of carbonyl (C=O) groups is 1. The van der Waals surface area contributed by atoms with E-state index in [1.54, 1.807) is 4.90 Å². The summed E-state index contributed by atoms with van der Waals surface area (Å²) in [6, 6.07) is 2.06. The Morgan fingerprint density at radius 2 is 1.83 bits per heavy atom. The second kappa shape index (κ2) is 5.30. The third kappa shape index (κ3) is 2.76. The fraction of sp³-hybridized carbons (Fsp3) is 0.417. The molecular formula is C12H14F2N2O2. The van der Waals surface area contributed by atoms with Crippen LogP contribution in [-0.2, 0) is 4.79 Å². The van der Waals surface area contributed by atoms with Gasteiger partial charge < -0.3 is 15.0 Å². The van der Waals surface area contributed by atoms with Crippen LogP contribution in [0.25, 0.3) is 0 Å². The first-order valence-corrected chi connectivity index (χ1v) is 5.71. The number of carbonyl (C=O) groups excluding carboxylic acids is 1. The van der Waals surface area contributed by atoms with Gasteiger partial charge in [0.25, 0.3) is 0 Å². The van der Waals surface area contributed by atoms with Gasteiger partial charge in [-0.05, 0) is 0 Å². The second-order valence-corrected chi connectivity index (χ2v) is 4.07. The Labute approximate surface area is 104 Å². The van der Waals surface area contributed by atoms with Crippen molar-refractivity contribution >= 4 is 11.7 Å².